The van der Waals surface area contributed by atoms with Gasteiger partial charge in [-0.1, -0.05) is 0 Å². The van der Waals surface area contributed by atoms with Gasteiger partial charge in [-0.15, -0.1) is 0 Å². The van der Waals surface area contributed by atoms with Crippen LogP contribution in [-0.4, -0.2) is 18.2 Å². The minimum Gasteiger partial charge on any atom is -0.311 e. The van der Waals surface area contributed by atoms with E-state index in [9.17, 15) is 18.0 Å². The molecule has 0 aromatic heterocycles. The van der Waals surface area contributed by atoms with Crippen LogP contribution in [0.1, 0.15) is 12.0 Å². The maximum atomic E-state index is 12.6. The molecule has 1 atom stereocenters. The Balaban J connectivity index is 2.30. The molecule has 0 N–H and O–H groups in total. The zero-order chi connectivity index (χ0) is 14.2. The van der Waals surface area contributed by atoms with Gasteiger partial charge in [-0.05, 0) is 45.8 Å². The summed E-state index contributed by atoms with van der Waals surface area (Å²) in [5, 5.41) is 0. The lowest BCUT2D eigenvalue weighted by Crippen LogP contribution is -2.25. The fourth-order valence-electron chi connectivity index (χ4n) is 2.04. The number of benzene rings is 1. The van der Waals surface area contributed by atoms with Crippen LogP contribution in [0.15, 0.2) is 22.7 Å². The number of carbonyl (C=O) groups excluding carboxylic acids is 1. The highest BCUT2D eigenvalue weighted by Crippen LogP contribution is 2.37. The van der Waals surface area contributed by atoms with E-state index in [4.69, 9.17) is 0 Å². The van der Waals surface area contributed by atoms with Gasteiger partial charge in [0.05, 0.1) is 11.3 Å². The van der Waals surface area contributed by atoms with Gasteiger partial charge in [0, 0.05) is 17.4 Å². The van der Waals surface area contributed by atoms with Gasteiger partial charge < -0.3 is 4.90 Å². The maximum absolute atomic E-state index is 12.6. The van der Waals surface area contributed by atoms with E-state index in [2.05, 4.69) is 28.6 Å². The first-order valence-electron chi connectivity index (χ1n) is 5.61. The zero-order valence-corrected chi connectivity index (χ0v) is 12.2. The van der Waals surface area contributed by atoms with Crippen LogP contribution in [0.25, 0.3) is 0 Å². The lowest BCUT2D eigenvalue weighted by molar-refractivity contribution is -0.137. The lowest BCUT2D eigenvalue weighted by atomic mass is 10.1. The molecule has 1 fully saturated rings. The van der Waals surface area contributed by atoms with Crippen molar-refractivity contribution >= 4 is 40.2 Å². The topological polar surface area (TPSA) is 20.3 Å². The molecule has 1 amide bonds. The number of hydrogen-bond acceptors (Lipinski definition) is 2. The molecule has 7 heteroatoms. The lowest BCUT2D eigenvalue weighted by Gasteiger charge is -2.19. The summed E-state index contributed by atoms with van der Waals surface area (Å²) in [4.78, 5) is 13.3. The standard InChI is InChI=1S/C12H11BrF3NOS/c13-9-4-8(12(14,15)16)1-2-10(9)17-5-7(6-19)3-11(17)18/h1-2,4,7,19H,3,5-6H2. The van der Waals surface area contributed by atoms with Crippen LogP contribution >= 0.6 is 28.6 Å². The highest BCUT2D eigenvalue weighted by atomic mass is 79.9. The predicted octanol–water partition coefficient (Wildman–Crippen LogP) is 3.75. The van der Waals surface area contributed by atoms with Gasteiger partial charge >= 0.3 is 6.18 Å². The largest absolute Gasteiger partial charge is 0.416 e. The monoisotopic (exact) mass is 353 g/mol. The molecule has 1 unspecified atom stereocenters. The summed E-state index contributed by atoms with van der Waals surface area (Å²) in [6.07, 6.45) is -4.00. The van der Waals surface area contributed by atoms with Crippen LogP contribution in [0.3, 0.4) is 0 Å². The van der Waals surface area contributed by atoms with E-state index in [-0.39, 0.29) is 16.3 Å². The SMILES string of the molecule is O=C1CC(CS)CN1c1ccc(C(F)(F)F)cc1Br. The van der Waals surface area contributed by atoms with Gasteiger partial charge in [0.2, 0.25) is 5.91 Å². The minimum absolute atomic E-state index is 0.0838. The van der Waals surface area contributed by atoms with Gasteiger partial charge in [-0.25, -0.2) is 0 Å². The molecule has 0 radical (unpaired) electrons. The first kappa shape index (κ1) is 14.7. The molecule has 1 heterocycles. The van der Waals surface area contributed by atoms with Crippen LogP contribution in [-0.2, 0) is 11.0 Å². The van der Waals surface area contributed by atoms with Crippen molar-refractivity contribution in [3.05, 3.63) is 28.2 Å². The van der Waals surface area contributed by atoms with Crippen LogP contribution < -0.4 is 4.90 Å². The van der Waals surface area contributed by atoms with Gasteiger partial charge in [0.25, 0.3) is 0 Å². The highest BCUT2D eigenvalue weighted by Gasteiger charge is 2.34. The Morgan fingerprint density at radius 3 is 2.58 bits per heavy atom. The molecular formula is C12H11BrF3NOS. The number of alkyl halides is 3. The molecule has 0 bridgehead atoms. The summed E-state index contributed by atoms with van der Waals surface area (Å²) in [6.45, 7) is 0.492. The number of rotatable bonds is 2. The average molecular weight is 354 g/mol. The van der Waals surface area contributed by atoms with Crippen molar-refractivity contribution in [3.63, 3.8) is 0 Å². The van der Waals surface area contributed by atoms with E-state index in [1.165, 1.54) is 11.0 Å². The second-order valence-electron chi connectivity index (χ2n) is 4.42. The molecule has 1 aromatic carbocycles. The third-order valence-corrected chi connectivity index (χ3v) is 4.18. The van der Waals surface area contributed by atoms with Crippen molar-refractivity contribution in [1.29, 1.82) is 0 Å². The summed E-state index contributed by atoms with van der Waals surface area (Å²) >= 11 is 7.26. The fourth-order valence-corrected chi connectivity index (χ4v) is 2.88. The Kier molecular flexibility index (Phi) is 4.15. The molecule has 19 heavy (non-hydrogen) atoms. The number of halogens is 4. The van der Waals surface area contributed by atoms with Crippen molar-refractivity contribution in [2.24, 2.45) is 5.92 Å². The summed E-state index contributed by atoms with van der Waals surface area (Å²) in [7, 11) is 0. The minimum atomic E-state index is -4.39. The maximum Gasteiger partial charge on any atom is 0.416 e. The Bertz CT molecular complexity index is 506. The number of amides is 1. The van der Waals surface area contributed by atoms with Crippen molar-refractivity contribution in [3.8, 4) is 0 Å². The van der Waals surface area contributed by atoms with E-state index in [0.29, 0.717) is 24.4 Å². The van der Waals surface area contributed by atoms with Gasteiger partial charge in [-0.3, -0.25) is 4.79 Å². The third kappa shape index (κ3) is 3.08. The van der Waals surface area contributed by atoms with Crippen LogP contribution in [0.5, 0.6) is 0 Å². The average Bonchev–Trinajstić information content (AvgIpc) is 2.69. The number of anilines is 1. The van der Waals surface area contributed by atoms with Gasteiger partial charge in [-0.2, -0.15) is 25.8 Å². The van der Waals surface area contributed by atoms with E-state index in [1.807, 2.05) is 0 Å². The van der Waals surface area contributed by atoms with E-state index >= 15 is 0 Å². The van der Waals surface area contributed by atoms with E-state index < -0.39 is 11.7 Å². The number of nitrogens with zero attached hydrogens (tertiary/aromatic N) is 1. The molecule has 1 aliphatic rings. The first-order chi connectivity index (χ1) is 8.82. The van der Waals surface area contributed by atoms with Gasteiger partial charge in [0.15, 0.2) is 0 Å². The third-order valence-electron chi connectivity index (χ3n) is 3.03. The van der Waals surface area contributed by atoms with Crippen molar-refractivity contribution in [1.82, 2.24) is 0 Å². The van der Waals surface area contributed by atoms with Crippen molar-refractivity contribution < 1.29 is 18.0 Å². The van der Waals surface area contributed by atoms with Crippen LogP contribution in [0, 0.1) is 5.92 Å². The molecule has 1 saturated heterocycles. The summed E-state index contributed by atoms with van der Waals surface area (Å²) < 4.78 is 37.9. The Morgan fingerprint density at radius 2 is 2.11 bits per heavy atom. The van der Waals surface area contributed by atoms with Crippen LogP contribution in [0.4, 0.5) is 18.9 Å². The second kappa shape index (κ2) is 5.36. The predicted molar refractivity (Wildman–Crippen MR) is 73.5 cm³/mol. The molecule has 2 rings (SSSR count). The quantitative estimate of drug-likeness (QED) is 0.803. The van der Waals surface area contributed by atoms with Crippen molar-refractivity contribution in [2.45, 2.75) is 12.6 Å². The summed E-state index contributed by atoms with van der Waals surface area (Å²) in [5.41, 5.74) is -0.261. The molecule has 1 aromatic rings. The number of carbonyl (C=O) groups is 1. The first-order valence-corrected chi connectivity index (χ1v) is 7.03. The molecular weight excluding hydrogens is 343 g/mol. The summed E-state index contributed by atoms with van der Waals surface area (Å²) in [5.74, 6) is 0.644. The smallest absolute Gasteiger partial charge is 0.311 e. The Labute approximate surface area is 122 Å². The molecule has 1 aliphatic heterocycles. The van der Waals surface area contributed by atoms with Gasteiger partial charge in [0.1, 0.15) is 0 Å². The zero-order valence-electron chi connectivity index (χ0n) is 9.75. The van der Waals surface area contributed by atoms with Crippen molar-refractivity contribution in [2.75, 3.05) is 17.2 Å². The summed E-state index contributed by atoms with van der Waals surface area (Å²) in [6, 6.07) is 3.31. The van der Waals surface area contributed by atoms with E-state index in [0.717, 1.165) is 12.1 Å². The number of thiol groups is 1. The molecule has 0 aliphatic carbocycles. The fraction of sp³-hybridized carbons (Fsp3) is 0.417. The Morgan fingerprint density at radius 1 is 1.42 bits per heavy atom. The number of hydrogen-bond donors (Lipinski definition) is 1. The molecule has 0 spiro atoms. The Hall–Kier alpha value is -0.690. The highest BCUT2D eigenvalue weighted by molar-refractivity contribution is 9.10. The molecule has 104 valence electrons. The molecule has 0 saturated carbocycles. The normalized spacial score (nSPS) is 20.2. The molecule has 2 nitrogen and oxygen atoms in total. The van der Waals surface area contributed by atoms with Crippen LogP contribution in [0.2, 0.25) is 0 Å². The second-order valence-corrected chi connectivity index (χ2v) is 5.64. The van der Waals surface area contributed by atoms with E-state index in [1.54, 1.807) is 0 Å².